The van der Waals surface area contributed by atoms with Gasteiger partial charge in [0.2, 0.25) is 5.78 Å². The van der Waals surface area contributed by atoms with Crippen LogP contribution in [0.15, 0.2) is 41.2 Å². The highest BCUT2D eigenvalue weighted by atomic mass is 16.4. The molecular weight excluding hydrogens is 480 g/mol. The maximum Gasteiger partial charge on any atom is 0.255 e. The van der Waals surface area contributed by atoms with Crippen LogP contribution in [0.5, 0.6) is 5.75 Å². The molecule has 7 N–H and O–H groups in total. The lowest BCUT2D eigenvalue weighted by Crippen LogP contribution is -2.70. The number of nitrogens with two attached hydrogens (primary N) is 1. The quantitative estimate of drug-likeness (QED) is 0.254. The molecule has 4 aliphatic carbocycles. The van der Waals surface area contributed by atoms with E-state index in [4.69, 9.17) is 5.73 Å². The number of fused-ring (bicyclic) bond motifs is 3. The van der Waals surface area contributed by atoms with Gasteiger partial charge in [-0.1, -0.05) is 31.2 Å². The Morgan fingerprint density at radius 2 is 1.78 bits per heavy atom. The molecule has 5 rings (SSSR count). The molecule has 0 aromatic heterocycles. The molecule has 0 aliphatic heterocycles. The Labute approximate surface area is 213 Å². The number of aromatic hydroxyl groups is 1. The molecule has 1 fully saturated rings. The molecule has 2 unspecified atom stereocenters. The summed E-state index contributed by atoms with van der Waals surface area (Å²) in [5.74, 6) is -8.83. The normalized spacial score (nSPS) is 35.1. The van der Waals surface area contributed by atoms with Gasteiger partial charge in [-0.2, -0.15) is 0 Å². The number of carbonyl (C=O) groups excluding carboxylic acids is 3. The first-order chi connectivity index (χ1) is 17.3. The fraction of sp³-hybridized carbons (Fsp3) is 0.444. The van der Waals surface area contributed by atoms with Crippen LogP contribution in [0.4, 0.5) is 0 Å². The van der Waals surface area contributed by atoms with E-state index < -0.39 is 70.1 Å². The van der Waals surface area contributed by atoms with Gasteiger partial charge in [-0.05, 0) is 38.4 Å². The molecule has 10 heteroatoms. The van der Waals surface area contributed by atoms with E-state index in [0.29, 0.717) is 11.1 Å². The fourth-order valence-electron chi connectivity index (χ4n) is 6.82. The van der Waals surface area contributed by atoms with Gasteiger partial charge in [0.15, 0.2) is 11.4 Å². The third kappa shape index (κ3) is 3.12. The number of ketones is 2. The minimum atomic E-state index is -2.91. The lowest BCUT2D eigenvalue weighted by atomic mass is 9.54. The molecule has 1 amide bonds. The molecule has 10 nitrogen and oxygen atoms in total. The summed E-state index contributed by atoms with van der Waals surface area (Å²) >= 11 is 0. The van der Waals surface area contributed by atoms with Gasteiger partial charge in [0.25, 0.3) is 5.91 Å². The van der Waals surface area contributed by atoms with Crippen LogP contribution in [-0.2, 0) is 14.4 Å². The Hall–Kier alpha value is -3.47. The van der Waals surface area contributed by atoms with Crippen LogP contribution >= 0.6 is 0 Å². The van der Waals surface area contributed by atoms with Gasteiger partial charge in [0.05, 0.1) is 23.6 Å². The molecule has 37 heavy (non-hydrogen) atoms. The summed E-state index contributed by atoms with van der Waals surface area (Å²) in [5, 5.41) is 56.9. The fourth-order valence-corrected chi connectivity index (χ4v) is 6.82. The Morgan fingerprint density at radius 3 is 2.35 bits per heavy atom. The highest BCUT2D eigenvalue weighted by molar-refractivity contribution is 6.24. The van der Waals surface area contributed by atoms with Gasteiger partial charge in [0.1, 0.15) is 22.8 Å². The molecular formula is C27H30N2O8. The number of likely N-dealkylation sites (N-methyl/N-ethyl adjacent to an activating group) is 1. The smallest absolute Gasteiger partial charge is 0.255 e. The Morgan fingerprint density at radius 1 is 1.14 bits per heavy atom. The zero-order valence-electron chi connectivity index (χ0n) is 20.7. The Bertz CT molecular complexity index is 1340. The summed E-state index contributed by atoms with van der Waals surface area (Å²) in [7, 11) is 2.95. The maximum atomic E-state index is 14.0. The molecule has 0 radical (unpaired) electrons. The predicted octanol–water partition coefficient (Wildman–Crippen LogP) is 0.929. The molecule has 4 aliphatic rings. The standard InChI is InChI=1S/C27H30N2O8/c1-10-12-8-9-13(11-6-4-5-7-11)20(30)15(12)21(31)16-14(10)22(32)18-19(29(2)3)23(33)17(26(28)36)25(35)27(18,37)24(16)34/h4,6,8-11,14,18-19,22,30-32,35,37H,5,7H2,1-3H3,(H2,28,36)/t10?,11?,14-,18-,19+,22+,27+/m1/s1. The van der Waals surface area contributed by atoms with Gasteiger partial charge >= 0.3 is 0 Å². The van der Waals surface area contributed by atoms with Crippen LogP contribution in [0.3, 0.4) is 0 Å². The molecule has 7 atom stereocenters. The monoisotopic (exact) mass is 510 g/mol. The van der Waals surface area contributed by atoms with Gasteiger partial charge < -0.3 is 31.3 Å². The summed E-state index contributed by atoms with van der Waals surface area (Å²) in [5.41, 5.74) is 2.19. The van der Waals surface area contributed by atoms with Crippen molar-refractivity contribution in [3.05, 3.63) is 57.9 Å². The molecule has 196 valence electrons. The number of Topliss-reactive ketones (excluding diaryl/α,β-unsaturated/α-hetero) is 2. The largest absolute Gasteiger partial charge is 0.508 e. The average Bonchev–Trinajstić information content (AvgIpc) is 3.35. The summed E-state index contributed by atoms with van der Waals surface area (Å²) in [6.07, 6.45) is 3.96. The van der Waals surface area contributed by atoms with Crippen molar-refractivity contribution < 1.29 is 39.9 Å². The van der Waals surface area contributed by atoms with Crippen LogP contribution in [-0.4, -0.2) is 79.7 Å². The second-order valence-electron chi connectivity index (χ2n) is 10.6. The first-order valence-electron chi connectivity index (χ1n) is 12.2. The van der Waals surface area contributed by atoms with E-state index in [2.05, 4.69) is 0 Å². The van der Waals surface area contributed by atoms with Crippen molar-refractivity contribution in [3.8, 4) is 5.75 Å². The summed E-state index contributed by atoms with van der Waals surface area (Å²) < 4.78 is 0. The second kappa shape index (κ2) is 8.27. The van der Waals surface area contributed by atoms with E-state index in [9.17, 15) is 39.9 Å². The molecule has 0 spiro atoms. The van der Waals surface area contributed by atoms with Crippen LogP contribution in [0.25, 0.3) is 5.76 Å². The molecule has 0 saturated heterocycles. The number of phenols is 1. The number of aliphatic hydroxyl groups excluding tert-OH is 3. The van der Waals surface area contributed by atoms with Crippen molar-refractivity contribution in [1.29, 1.82) is 0 Å². The number of hydrogen-bond donors (Lipinski definition) is 6. The third-order valence-electron chi connectivity index (χ3n) is 8.57. The van der Waals surface area contributed by atoms with Crippen molar-refractivity contribution in [1.82, 2.24) is 4.90 Å². The van der Waals surface area contributed by atoms with E-state index in [0.717, 1.165) is 12.8 Å². The van der Waals surface area contributed by atoms with Crippen LogP contribution < -0.4 is 5.73 Å². The number of hydrogen-bond acceptors (Lipinski definition) is 9. The number of carbonyl (C=O) groups is 3. The van der Waals surface area contributed by atoms with Gasteiger partial charge in [-0.25, -0.2) is 0 Å². The van der Waals surface area contributed by atoms with Crippen molar-refractivity contribution in [2.24, 2.45) is 17.6 Å². The zero-order valence-corrected chi connectivity index (χ0v) is 20.7. The average molecular weight is 511 g/mol. The number of allylic oxidation sites excluding steroid dienone is 2. The molecule has 1 aromatic carbocycles. The number of benzene rings is 1. The number of amides is 1. The maximum absolute atomic E-state index is 14.0. The number of primary amides is 1. The lowest BCUT2D eigenvalue weighted by molar-refractivity contribution is -0.169. The van der Waals surface area contributed by atoms with Crippen molar-refractivity contribution in [2.45, 2.75) is 49.3 Å². The van der Waals surface area contributed by atoms with Crippen LogP contribution in [0.2, 0.25) is 0 Å². The van der Waals surface area contributed by atoms with Crippen LogP contribution in [0, 0.1) is 11.8 Å². The highest BCUT2D eigenvalue weighted by Crippen LogP contribution is 2.56. The van der Waals surface area contributed by atoms with E-state index in [1.807, 2.05) is 12.2 Å². The Balaban J connectivity index is 1.77. The van der Waals surface area contributed by atoms with Crippen molar-refractivity contribution in [3.63, 3.8) is 0 Å². The van der Waals surface area contributed by atoms with Gasteiger partial charge in [-0.15, -0.1) is 0 Å². The number of nitrogens with zero attached hydrogens (tertiary/aromatic N) is 1. The minimum absolute atomic E-state index is 0.0220. The van der Waals surface area contributed by atoms with Gasteiger partial charge in [-0.3, -0.25) is 19.3 Å². The van der Waals surface area contributed by atoms with Crippen LogP contribution in [0.1, 0.15) is 48.3 Å². The summed E-state index contributed by atoms with van der Waals surface area (Å²) in [6, 6.07) is 2.13. The predicted molar refractivity (Wildman–Crippen MR) is 131 cm³/mol. The number of rotatable bonds is 3. The highest BCUT2D eigenvalue weighted by Gasteiger charge is 2.68. The van der Waals surface area contributed by atoms with Crippen molar-refractivity contribution >= 4 is 23.2 Å². The van der Waals surface area contributed by atoms with Gasteiger partial charge in [0, 0.05) is 23.0 Å². The van der Waals surface area contributed by atoms with E-state index in [1.165, 1.54) is 19.0 Å². The number of aliphatic hydroxyl groups is 4. The molecule has 1 aromatic rings. The molecule has 1 saturated carbocycles. The zero-order chi connectivity index (χ0) is 27.1. The summed E-state index contributed by atoms with van der Waals surface area (Å²) in [4.78, 5) is 40.6. The van der Waals surface area contributed by atoms with E-state index in [-0.39, 0.29) is 22.8 Å². The topological polar surface area (TPSA) is 182 Å². The minimum Gasteiger partial charge on any atom is -0.508 e. The van der Waals surface area contributed by atoms with E-state index >= 15 is 0 Å². The Kier molecular flexibility index (Phi) is 5.63. The first kappa shape index (κ1) is 25.2. The molecule has 0 heterocycles. The summed E-state index contributed by atoms with van der Waals surface area (Å²) in [6.45, 7) is 1.71. The number of phenolic OH excluding ortho intramolecular Hbond substituents is 1. The lowest BCUT2D eigenvalue weighted by Gasteiger charge is -2.53. The first-order valence-corrected chi connectivity index (χ1v) is 12.2. The van der Waals surface area contributed by atoms with Crippen molar-refractivity contribution in [2.75, 3.05) is 14.1 Å². The molecule has 0 bridgehead atoms. The SMILES string of the molecule is CC1c2ccc(C3C=CCC3)c(O)c2C(O)=C2C(=O)[C@]3(O)C(O)=C(C(N)=O)C(=O)[C@@H](N(C)C)[C@@H]3[C@@H](O)[C@@H]21. The third-order valence-corrected chi connectivity index (χ3v) is 8.57. The second-order valence-corrected chi connectivity index (χ2v) is 10.6. The van der Waals surface area contributed by atoms with E-state index in [1.54, 1.807) is 19.1 Å².